The van der Waals surface area contributed by atoms with Crippen molar-refractivity contribution >= 4 is 29.3 Å². The fraction of sp³-hybridized carbons (Fsp3) is 0.485. The molecule has 1 saturated carbocycles. The molecule has 45 heavy (non-hydrogen) atoms. The van der Waals surface area contributed by atoms with Gasteiger partial charge in [-0.25, -0.2) is 4.79 Å². The predicted molar refractivity (Wildman–Crippen MR) is 158 cm³/mol. The molecule has 12 heteroatoms. The van der Waals surface area contributed by atoms with Crippen molar-refractivity contribution < 1.29 is 53.8 Å². The van der Waals surface area contributed by atoms with Crippen LogP contribution in [-0.4, -0.2) is 86.8 Å². The van der Waals surface area contributed by atoms with E-state index in [1.54, 1.807) is 19.9 Å². The zero-order valence-corrected chi connectivity index (χ0v) is 26.4. The molecule has 240 valence electrons. The largest absolute Gasteiger partial charge is 0.507 e. The van der Waals surface area contributed by atoms with Gasteiger partial charge in [-0.2, -0.15) is 0 Å². The molecule has 4 N–H and O–H groups in total. The number of ether oxygens (including phenoxy) is 4. The van der Waals surface area contributed by atoms with Crippen LogP contribution >= 0.6 is 11.6 Å². The highest BCUT2D eigenvalue weighted by Crippen LogP contribution is 2.73. The van der Waals surface area contributed by atoms with Gasteiger partial charge in [0.25, 0.3) is 0 Å². The van der Waals surface area contributed by atoms with Crippen molar-refractivity contribution in [2.75, 3.05) is 14.2 Å². The van der Waals surface area contributed by atoms with Crippen molar-refractivity contribution in [1.82, 2.24) is 0 Å². The van der Waals surface area contributed by atoms with Crippen LogP contribution in [0.1, 0.15) is 49.5 Å². The third kappa shape index (κ3) is 3.78. The Labute approximate surface area is 264 Å². The molecule has 2 fully saturated rings. The first kappa shape index (κ1) is 31.3. The van der Waals surface area contributed by atoms with Crippen LogP contribution in [-0.2, 0) is 28.5 Å². The maximum absolute atomic E-state index is 14.4. The van der Waals surface area contributed by atoms with E-state index in [4.69, 9.17) is 30.5 Å². The zero-order valence-electron chi connectivity index (χ0n) is 25.6. The van der Waals surface area contributed by atoms with E-state index in [0.29, 0.717) is 5.56 Å². The fourth-order valence-electron chi connectivity index (χ4n) is 7.90. The number of carbonyl (C=O) groups is 3. The number of Topliss-reactive ketones (excluding diaryl/α,β-unsaturated/α-hetero) is 1. The second-order valence-electron chi connectivity index (χ2n) is 13.1. The second-order valence-corrected chi connectivity index (χ2v) is 13.6. The first-order valence-corrected chi connectivity index (χ1v) is 14.9. The first-order valence-electron chi connectivity index (χ1n) is 14.5. The molecule has 7 rings (SSSR count). The molecule has 1 aromatic rings. The van der Waals surface area contributed by atoms with Gasteiger partial charge in [0, 0.05) is 17.4 Å². The standard InChI is InChI=1S/C33H35ClO11/c1-15(2)7-8-31-24(44-26(38)23-19(35)9-16(3)10-20(23)36)17(11-21(37)25(31)45-31)18-12-29(4)14-30(28(40)43-6)13-22(42-5)33(29,34)32(18,41)27(30)39/h7,9-13,21,24-25,35-37,41H,8,14H2,1-6H3. The third-order valence-electron chi connectivity index (χ3n) is 9.97. The van der Waals surface area contributed by atoms with E-state index in [9.17, 15) is 34.8 Å². The van der Waals surface area contributed by atoms with E-state index in [1.807, 2.05) is 19.9 Å². The smallest absolute Gasteiger partial charge is 0.346 e. The van der Waals surface area contributed by atoms with Crippen LogP contribution in [0.3, 0.4) is 0 Å². The third-order valence-corrected chi connectivity index (χ3v) is 10.9. The highest BCUT2D eigenvalue weighted by Gasteiger charge is 2.84. The lowest BCUT2D eigenvalue weighted by molar-refractivity contribution is -0.175. The van der Waals surface area contributed by atoms with Gasteiger partial charge in [-0.15, -0.1) is 11.6 Å². The number of aliphatic hydroxyl groups is 2. The number of benzene rings is 1. The summed E-state index contributed by atoms with van der Waals surface area (Å²) in [5.41, 5.74) is -6.33. The summed E-state index contributed by atoms with van der Waals surface area (Å²) in [7, 11) is 2.44. The van der Waals surface area contributed by atoms with Crippen LogP contribution < -0.4 is 0 Å². The summed E-state index contributed by atoms with van der Waals surface area (Å²) >= 11 is 7.28. The number of hydrogen-bond acceptors (Lipinski definition) is 11. The van der Waals surface area contributed by atoms with Gasteiger partial charge in [-0.05, 0) is 62.6 Å². The number of carbonyl (C=O) groups excluding carboxylic acids is 3. The first-order chi connectivity index (χ1) is 21.0. The lowest BCUT2D eigenvalue weighted by Gasteiger charge is -2.58. The Morgan fingerprint density at radius 3 is 2.38 bits per heavy atom. The van der Waals surface area contributed by atoms with Gasteiger partial charge in [0.15, 0.2) is 22.9 Å². The molecule has 0 radical (unpaired) electrons. The summed E-state index contributed by atoms with van der Waals surface area (Å²) in [5, 5.41) is 45.0. The van der Waals surface area contributed by atoms with Crippen molar-refractivity contribution in [3.63, 3.8) is 0 Å². The topological polar surface area (TPSA) is 172 Å². The number of aromatic hydroxyl groups is 2. The van der Waals surface area contributed by atoms with Crippen LogP contribution in [0.5, 0.6) is 11.5 Å². The molecule has 5 aliphatic carbocycles. The number of fused-ring (bicyclic) bond motifs is 1. The van der Waals surface area contributed by atoms with Crippen LogP contribution in [0.4, 0.5) is 0 Å². The number of ketones is 1. The summed E-state index contributed by atoms with van der Waals surface area (Å²) in [4.78, 5) is 39.4. The van der Waals surface area contributed by atoms with Gasteiger partial charge in [0.1, 0.15) is 45.5 Å². The van der Waals surface area contributed by atoms with Crippen LogP contribution in [0.15, 0.2) is 58.9 Å². The van der Waals surface area contributed by atoms with E-state index in [0.717, 1.165) is 12.7 Å². The van der Waals surface area contributed by atoms with E-state index in [1.165, 1.54) is 31.4 Å². The number of methoxy groups -OCH3 is 2. The Balaban J connectivity index is 1.54. The van der Waals surface area contributed by atoms with Crippen LogP contribution in [0.2, 0.25) is 0 Å². The Kier molecular flexibility index (Phi) is 6.74. The Hall–Kier alpha value is -3.64. The lowest BCUT2D eigenvalue weighted by Crippen LogP contribution is -2.74. The summed E-state index contributed by atoms with van der Waals surface area (Å²) in [6.07, 6.45) is 2.60. The van der Waals surface area contributed by atoms with Crippen molar-refractivity contribution in [2.24, 2.45) is 10.8 Å². The highest BCUT2D eigenvalue weighted by atomic mass is 35.5. The molecule has 1 aliphatic heterocycles. The van der Waals surface area contributed by atoms with E-state index in [-0.39, 0.29) is 29.7 Å². The Morgan fingerprint density at radius 1 is 1.16 bits per heavy atom. The van der Waals surface area contributed by atoms with Crippen molar-refractivity contribution in [2.45, 2.75) is 74.9 Å². The highest BCUT2D eigenvalue weighted by molar-refractivity contribution is 6.34. The quantitative estimate of drug-likeness (QED) is 0.113. The van der Waals surface area contributed by atoms with Gasteiger partial charge < -0.3 is 39.4 Å². The molecule has 1 saturated heterocycles. The Bertz CT molecular complexity index is 1660. The Morgan fingerprint density at radius 2 is 1.80 bits per heavy atom. The number of aliphatic hydroxyl groups excluding tert-OH is 1. The van der Waals surface area contributed by atoms with Gasteiger partial charge >= 0.3 is 11.9 Å². The van der Waals surface area contributed by atoms with Gasteiger partial charge in [0.05, 0.1) is 14.2 Å². The van der Waals surface area contributed by atoms with E-state index < -0.39 is 80.0 Å². The van der Waals surface area contributed by atoms with Gasteiger partial charge in [-0.3, -0.25) is 9.59 Å². The molecule has 8 unspecified atom stereocenters. The van der Waals surface area contributed by atoms with E-state index in [2.05, 4.69) is 0 Å². The van der Waals surface area contributed by atoms with Crippen molar-refractivity contribution in [1.29, 1.82) is 0 Å². The van der Waals surface area contributed by atoms with Crippen LogP contribution in [0.25, 0.3) is 0 Å². The summed E-state index contributed by atoms with van der Waals surface area (Å²) in [6, 6.07) is 2.58. The minimum Gasteiger partial charge on any atom is -0.507 e. The predicted octanol–water partition coefficient (Wildman–Crippen LogP) is 3.06. The van der Waals surface area contributed by atoms with Crippen LogP contribution in [0, 0.1) is 17.8 Å². The number of allylic oxidation sites excluding steroid dienone is 2. The summed E-state index contributed by atoms with van der Waals surface area (Å²) < 4.78 is 22.7. The number of hydrogen-bond donors (Lipinski definition) is 4. The molecule has 0 spiro atoms. The number of phenolic OH excluding ortho intramolecular Hbond substituents is 2. The molecule has 11 nitrogen and oxygen atoms in total. The second kappa shape index (κ2) is 9.68. The number of rotatable bonds is 7. The molecule has 1 aromatic carbocycles. The van der Waals surface area contributed by atoms with Crippen molar-refractivity contribution in [3.8, 4) is 11.5 Å². The minimum absolute atomic E-state index is 0.0172. The molecule has 4 bridgehead atoms. The normalized spacial score (nSPS) is 38.8. The average molecular weight is 643 g/mol. The maximum atomic E-state index is 14.4. The summed E-state index contributed by atoms with van der Waals surface area (Å²) in [5.74, 6) is -4.03. The molecule has 6 aliphatic rings. The molecular formula is C33H35ClO11. The number of aryl methyl sites for hydroxylation is 1. The van der Waals surface area contributed by atoms with Crippen molar-refractivity contribution in [3.05, 3.63) is 70.0 Å². The number of alkyl halides is 1. The fourth-order valence-corrected chi connectivity index (χ4v) is 8.34. The monoisotopic (exact) mass is 642 g/mol. The SMILES string of the molecule is COC(=O)C12C=C(OC)C3(Cl)C(C)(C=C(C4=CC(O)C5OC5(CC=C(C)C)C4OC(=O)c4c(O)cc(C)cc4O)C3(O)C1=O)C2. The number of phenols is 2. The number of epoxide rings is 1. The van der Waals surface area contributed by atoms with Gasteiger partial charge in [-0.1, -0.05) is 24.6 Å². The zero-order chi connectivity index (χ0) is 33.1. The number of halogens is 1. The molecule has 8 atom stereocenters. The van der Waals surface area contributed by atoms with E-state index >= 15 is 0 Å². The maximum Gasteiger partial charge on any atom is 0.346 e. The average Bonchev–Trinajstić information content (AvgIpc) is 3.69. The lowest BCUT2D eigenvalue weighted by atomic mass is 9.49. The van der Waals surface area contributed by atoms with Gasteiger partial charge in [0.2, 0.25) is 0 Å². The molecule has 0 amide bonds. The molecule has 0 aromatic heterocycles. The number of esters is 2. The summed E-state index contributed by atoms with van der Waals surface area (Å²) in [6.45, 7) is 7.01. The molecule has 1 heterocycles. The molecular weight excluding hydrogens is 608 g/mol. The minimum atomic E-state index is -2.61.